The van der Waals surface area contributed by atoms with Crippen molar-refractivity contribution < 1.29 is 18.9 Å². The van der Waals surface area contributed by atoms with Gasteiger partial charge in [-0.25, -0.2) is 15.0 Å². The van der Waals surface area contributed by atoms with Crippen molar-refractivity contribution in [2.75, 3.05) is 71.4 Å². The maximum atomic E-state index is 5.49. The van der Waals surface area contributed by atoms with Gasteiger partial charge in [-0.2, -0.15) is 0 Å². The number of hydrogen-bond acceptors (Lipinski definition) is 10. The molecule has 2 aromatic heterocycles. The lowest BCUT2D eigenvalue weighted by Crippen LogP contribution is -2.39. The predicted molar refractivity (Wildman–Crippen MR) is 131 cm³/mol. The summed E-state index contributed by atoms with van der Waals surface area (Å²) in [5.74, 6) is 3.01. The second-order valence-corrected chi connectivity index (χ2v) is 8.21. The minimum absolute atomic E-state index is 0.116. The third kappa shape index (κ3) is 4.95. The molecule has 2 N–H and O–H groups in total. The minimum Gasteiger partial charge on any atom is -0.493 e. The van der Waals surface area contributed by atoms with Crippen molar-refractivity contribution in [1.29, 1.82) is 0 Å². The van der Waals surface area contributed by atoms with Gasteiger partial charge in [0.1, 0.15) is 6.33 Å². The minimum atomic E-state index is 0.116. The average Bonchev–Trinajstić information content (AvgIpc) is 3.23. The van der Waals surface area contributed by atoms with Gasteiger partial charge in [-0.05, 0) is 13.8 Å². The number of nitrogens with one attached hydrogen (secondary N) is 2. The Morgan fingerprint density at radius 3 is 2.35 bits per heavy atom. The molecule has 184 valence electrons. The number of imidazole rings is 1. The second-order valence-electron chi connectivity index (χ2n) is 8.21. The molecule has 0 radical (unpaired) electrons. The molecule has 0 amide bonds. The van der Waals surface area contributed by atoms with Crippen LogP contribution in [0.15, 0.2) is 18.5 Å². The summed E-state index contributed by atoms with van der Waals surface area (Å²) in [5, 5.41) is 6.83. The summed E-state index contributed by atoms with van der Waals surface area (Å²) < 4.78 is 23.9. The molecule has 34 heavy (non-hydrogen) atoms. The molecule has 0 bridgehead atoms. The van der Waals surface area contributed by atoms with Gasteiger partial charge in [0.15, 0.2) is 28.5 Å². The summed E-state index contributed by atoms with van der Waals surface area (Å²) in [5.41, 5.74) is 2.23. The third-order valence-electron chi connectivity index (χ3n) is 5.74. The number of methoxy groups -OCH3 is 3. The molecule has 1 aliphatic heterocycles. The lowest BCUT2D eigenvalue weighted by molar-refractivity contribution is 0.0398. The van der Waals surface area contributed by atoms with Gasteiger partial charge in [-0.3, -0.25) is 9.47 Å². The fourth-order valence-corrected chi connectivity index (χ4v) is 4.06. The normalized spacial score (nSPS) is 14.4. The highest BCUT2D eigenvalue weighted by Gasteiger charge is 2.20. The molecule has 0 aliphatic carbocycles. The maximum absolute atomic E-state index is 5.49. The Hall–Kier alpha value is -3.31. The lowest BCUT2D eigenvalue weighted by atomic mass is 10.2. The molecule has 0 saturated carbocycles. The molecule has 3 heterocycles. The number of nitrogens with zero attached hydrogens (tertiary/aromatic N) is 5. The van der Waals surface area contributed by atoms with Gasteiger partial charge in [-0.1, -0.05) is 0 Å². The van der Waals surface area contributed by atoms with E-state index in [0.29, 0.717) is 34.5 Å². The van der Waals surface area contributed by atoms with Gasteiger partial charge in [0, 0.05) is 50.0 Å². The third-order valence-corrected chi connectivity index (χ3v) is 5.74. The van der Waals surface area contributed by atoms with Crippen LogP contribution in [-0.2, 0) is 4.74 Å². The molecule has 4 rings (SSSR count). The van der Waals surface area contributed by atoms with Crippen LogP contribution in [0.1, 0.15) is 19.9 Å². The molecule has 1 aliphatic rings. The quantitative estimate of drug-likeness (QED) is 0.458. The number of ether oxygens (including phenoxy) is 4. The number of aromatic nitrogens is 4. The Balaban J connectivity index is 1.63. The number of benzene rings is 1. The highest BCUT2D eigenvalue weighted by Crippen LogP contribution is 2.41. The fourth-order valence-electron chi connectivity index (χ4n) is 4.06. The van der Waals surface area contributed by atoms with Crippen LogP contribution in [0.25, 0.3) is 11.2 Å². The average molecular weight is 472 g/mol. The lowest BCUT2D eigenvalue weighted by Gasteiger charge is -2.26. The Bertz CT molecular complexity index is 1090. The Labute approximate surface area is 199 Å². The standard InChI is InChI=1S/C23H33N7O4/c1-15(2)30-22-19(21(25-14-26-22)24-6-7-29-8-10-34-11-9-29)28-23(30)27-16-12-17(31-3)20(33-5)18(13-16)32-4/h12-15H,6-11H2,1-5H3,(H,27,28)(H,24,25,26). The zero-order valence-corrected chi connectivity index (χ0v) is 20.4. The Kier molecular flexibility index (Phi) is 7.53. The smallest absolute Gasteiger partial charge is 0.210 e. The molecule has 1 fully saturated rings. The summed E-state index contributed by atoms with van der Waals surface area (Å²) in [6, 6.07) is 3.81. The first-order valence-corrected chi connectivity index (χ1v) is 11.4. The van der Waals surface area contributed by atoms with Gasteiger partial charge in [0.2, 0.25) is 11.7 Å². The molecule has 1 saturated heterocycles. The number of fused-ring (bicyclic) bond motifs is 1. The number of rotatable bonds is 10. The molecule has 11 nitrogen and oxygen atoms in total. The van der Waals surface area contributed by atoms with E-state index in [4.69, 9.17) is 23.9 Å². The van der Waals surface area contributed by atoms with Crippen molar-refractivity contribution in [3.05, 3.63) is 18.5 Å². The molecule has 1 aromatic carbocycles. The largest absolute Gasteiger partial charge is 0.493 e. The van der Waals surface area contributed by atoms with Crippen LogP contribution in [0.3, 0.4) is 0 Å². The van der Waals surface area contributed by atoms with Crippen molar-refractivity contribution in [1.82, 2.24) is 24.4 Å². The molecule has 11 heteroatoms. The first-order valence-electron chi connectivity index (χ1n) is 11.4. The van der Waals surface area contributed by atoms with E-state index in [1.807, 2.05) is 16.7 Å². The van der Waals surface area contributed by atoms with E-state index in [-0.39, 0.29) is 6.04 Å². The van der Waals surface area contributed by atoms with Crippen LogP contribution in [0.4, 0.5) is 17.5 Å². The molecule has 0 spiro atoms. The number of hydrogen-bond donors (Lipinski definition) is 2. The highest BCUT2D eigenvalue weighted by atomic mass is 16.5. The van der Waals surface area contributed by atoms with Gasteiger partial charge in [0.05, 0.1) is 34.5 Å². The summed E-state index contributed by atoms with van der Waals surface area (Å²) >= 11 is 0. The molecule has 0 unspecified atom stereocenters. The van der Waals surface area contributed by atoms with Gasteiger partial charge in [-0.15, -0.1) is 0 Å². The maximum Gasteiger partial charge on any atom is 0.210 e. The summed E-state index contributed by atoms with van der Waals surface area (Å²) in [4.78, 5) is 16.2. The van der Waals surface area contributed by atoms with E-state index in [9.17, 15) is 0 Å². The van der Waals surface area contributed by atoms with Gasteiger partial charge < -0.3 is 29.6 Å². The summed E-state index contributed by atoms with van der Waals surface area (Å²) in [7, 11) is 4.77. The SMILES string of the molecule is COc1cc(Nc2nc3c(NCCN4CCOCC4)ncnc3n2C(C)C)cc(OC)c1OC. The van der Waals surface area contributed by atoms with Crippen LogP contribution in [-0.4, -0.2) is 85.1 Å². The monoisotopic (exact) mass is 471 g/mol. The van der Waals surface area contributed by atoms with Crippen LogP contribution < -0.4 is 24.8 Å². The molecular formula is C23H33N7O4. The van der Waals surface area contributed by atoms with Crippen molar-refractivity contribution >= 4 is 28.6 Å². The highest BCUT2D eigenvalue weighted by molar-refractivity contribution is 5.86. The molecule has 0 atom stereocenters. The van der Waals surface area contributed by atoms with E-state index in [2.05, 4.69) is 39.3 Å². The van der Waals surface area contributed by atoms with Gasteiger partial charge >= 0.3 is 0 Å². The van der Waals surface area contributed by atoms with Crippen molar-refractivity contribution in [2.24, 2.45) is 0 Å². The van der Waals surface area contributed by atoms with Gasteiger partial charge in [0.25, 0.3) is 0 Å². The van der Waals surface area contributed by atoms with Crippen molar-refractivity contribution in [3.63, 3.8) is 0 Å². The van der Waals surface area contributed by atoms with E-state index in [0.717, 1.165) is 50.7 Å². The van der Waals surface area contributed by atoms with Crippen molar-refractivity contribution in [3.8, 4) is 17.2 Å². The Morgan fingerprint density at radius 2 is 1.74 bits per heavy atom. The van der Waals surface area contributed by atoms with E-state index >= 15 is 0 Å². The molecular weight excluding hydrogens is 438 g/mol. The van der Waals surface area contributed by atoms with Crippen molar-refractivity contribution in [2.45, 2.75) is 19.9 Å². The summed E-state index contributed by atoms with van der Waals surface area (Å²) in [6.45, 7) is 9.33. The van der Waals surface area contributed by atoms with Crippen LogP contribution in [0.5, 0.6) is 17.2 Å². The zero-order chi connectivity index (χ0) is 24.1. The second kappa shape index (κ2) is 10.7. The fraction of sp³-hybridized carbons (Fsp3) is 0.522. The number of morpholine rings is 1. The van der Waals surface area contributed by atoms with Crippen LogP contribution >= 0.6 is 0 Å². The molecule has 3 aromatic rings. The zero-order valence-electron chi connectivity index (χ0n) is 20.4. The van der Waals surface area contributed by atoms with E-state index < -0.39 is 0 Å². The first kappa shape index (κ1) is 23.8. The van der Waals surface area contributed by atoms with Crippen LogP contribution in [0, 0.1) is 0 Å². The van der Waals surface area contributed by atoms with Crippen LogP contribution in [0.2, 0.25) is 0 Å². The Morgan fingerprint density at radius 1 is 1.03 bits per heavy atom. The van der Waals surface area contributed by atoms with E-state index in [1.165, 1.54) is 0 Å². The predicted octanol–water partition coefficient (Wildman–Crippen LogP) is 2.92. The summed E-state index contributed by atoms with van der Waals surface area (Å²) in [6.07, 6.45) is 1.57. The topological polar surface area (TPSA) is 108 Å². The number of anilines is 3. The van der Waals surface area contributed by atoms with E-state index in [1.54, 1.807) is 27.7 Å². The first-order chi connectivity index (χ1) is 16.5.